The molecule has 0 spiro atoms. The van der Waals surface area contributed by atoms with Crippen molar-refractivity contribution in [3.8, 4) is 11.5 Å². The molecule has 0 radical (unpaired) electrons. The van der Waals surface area contributed by atoms with Crippen molar-refractivity contribution in [2.45, 2.75) is 26.1 Å². The fourth-order valence-electron chi connectivity index (χ4n) is 3.30. The summed E-state index contributed by atoms with van der Waals surface area (Å²) in [6.45, 7) is 1.38. The molecule has 0 atom stereocenters. The number of benzene rings is 4. The van der Waals surface area contributed by atoms with E-state index in [1.807, 2.05) is 78.9 Å². The Morgan fingerprint density at radius 3 is 1.41 bits per heavy atom. The van der Waals surface area contributed by atoms with Crippen LogP contribution in [0.5, 0.6) is 11.5 Å². The monoisotopic (exact) mass is 566 g/mol. The topological polar surface area (TPSA) is 38.7 Å². The molecule has 0 aliphatic heterocycles. The van der Waals surface area contributed by atoms with Crippen molar-refractivity contribution >= 4 is 22.6 Å². The molecule has 4 heteroatoms. The highest BCUT2D eigenvalue weighted by Gasteiger charge is 1.99. The molecule has 0 bridgehead atoms. The van der Waals surface area contributed by atoms with Crippen LogP contribution in [0.2, 0.25) is 0 Å². The molecule has 0 heterocycles. The standard InChI is InChI=1S/C15H15IO.C15H16O2/c2*16-10-9-13-7-4-8-15(11-13)17-12-14-5-2-1-3-6-14/h1-8,11H,9-10,12H2;1-8,11,16H,9-10,12H2. The second-order valence-corrected chi connectivity index (χ2v) is 8.83. The molecule has 4 rings (SSSR count). The summed E-state index contributed by atoms with van der Waals surface area (Å²) in [5.41, 5.74) is 4.79. The van der Waals surface area contributed by atoms with E-state index in [-0.39, 0.29) is 6.61 Å². The number of hydrogen-bond acceptors (Lipinski definition) is 3. The van der Waals surface area contributed by atoms with Crippen molar-refractivity contribution in [3.05, 3.63) is 131 Å². The number of ether oxygens (including phenoxy) is 2. The zero-order chi connectivity index (χ0) is 23.8. The minimum absolute atomic E-state index is 0.169. The van der Waals surface area contributed by atoms with Crippen molar-refractivity contribution in [2.24, 2.45) is 0 Å². The summed E-state index contributed by atoms with van der Waals surface area (Å²) in [6, 6.07) is 36.5. The Morgan fingerprint density at radius 2 is 0.971 bits per heavy atom. The van der Waals surface area contributed by atoms with Gasteiger partial charge in [-0.05, 0) is 59.4 Å². The van der Waals surface area contributed by atoms with E-state index < -0.39 is 0 Å². The molecule has 0 aromatic heterocycles. The van der Waals surface area contributed by atoms with Crippen molar-refractivity contribution < 1.29 is 14.6 Å². The Morgan fingerprint density at radius 1 is 0.529 bits per heavy atom. The van der Waals surface area contributed by atoms with Crippen molar-refractivity contribution in [3.63, 3.8) is 0 Å². The molecule has 34 heavy (non-hydrogen) atoms. The van der Waals surface area contributed by atoms with Gasteiger partial charge in [-0.2, -0.15) is 0 Å². The summed E-state index contributed by atoms with van der Waals surface area (Å²) in [5.74, 6) is 1.80. The lowest BCUT2D eigenvalue weighted by Gasteiger charge is -2.07. The quantitative estimate of drug-likeness (QED) is 0.165. The molecule has 0 aliphatic rings. The average Bonchev–Trinajstić information content (AvgIpc) is 2.89. The van der Waals surface area contributed by atoms with Crippen molar-refractivity contribution in [1.82, 2.24) is 0 Å². The second-order valence-electron chi connectivity index (χ2n) is 7.76. The summed E-state index contributed by atoms with van der Waals surface area (Å²) in [7, 11) is 0. The number of rotatable bonds is 10. The van der Waals surface area contributed by atoms with Gasteiger partial charge >= 0.3 is 0 Å². The van der Waals surface area contributed by atoms with Crippen LogP contribution >= 0.6 is 22.6 Å². The van der Waals surface area contributed by atoms with Crippen LogP contribution < -0.4 is 9.47 Å². The SMILES string of the molecule is ICCc1cccc(OCc2ccccc2)c1.OCCc1cccc(OCc2ccccc2)c1. The van der Waals surface area contributed by atoms with Crippen LogP contribution in [0.25, 0.3) is 0 Å². The maximum Gasteiger partial charge on any atom is 0.120 e. The number of halogens is 1. The van der Waals surface area contributed by atoms with Gasteiger partial charge in [0, 0.05) is 11.0 Å². The lowest BCUT2D eigenvalue weighted by molar-refractivity contribution is 0.296. The molecule has 0 aliphatic carbocycles. The smallest absolute Gasteiger partial charge is 0.120 e. The van der Waals surface area contributed by atoms with E-state index in [0.717, 1.165) is 33.5 Å². The van der Waals surface area contributed by atoms with E-state index in [1.54, 1.807) is 0 Å². The van der Waals surface area contributed by atoms with Gasteiger partial charge in [0.05, 0.1) is 0 Å². The third kappa shape index (κ3) is 9.57. The first-order chi connectivity index (χ1) is 16.8. The molecule has 0 amide bonds. The number of hydrogen-bond donors (Lipinski definition) is 1. The van der Waals surface area contributed by atoms with Crippen LogP contribution in [0, 0.1) is 0 Å². The zero-order valence-electron chi connectivity index (χ0n) is 19.3. The number of aliphatic hydroxyl groups is 1. The Labute approximate surface area is 216 Å². The Bertz CT molecular complexity index is 995. The highest BCUT2D eigenvalue weighted by molar-refractivity contribution is 14.1. The normalized spacial score (nSPS) is 10.2. The molecule has 4 aromatic rings. The summed E-state index contributed by atoms with van der Waals surface area (Å²) >= 11 is 2.39. The molecule has 1 N–H and O–H groups in total. The molecule has 0 unspecified atom stereocenters. The van der Waals surface area contributed by atoms with Gasteiger partial charge in [-0.25, -0.2) is 0 Å². The first-order valence-corrected chi connectivity index (χ1v) is 13.0. The van der Waals surface area contributed by atoms with Gasteiger partial charge in [0.1, 0.15) is 24.7 Å². The Hall–Kier alpha value is -2.83. The molecule has 176 valence electrons. The second kappa shape index (κ2) is 15.1. The summed E-state index contributed by atoms with van der Waals surface area (Å²) in [4.78, 5) is 0. The van der Waals surface area contributed by atoms with Crippen LogP contribution in [0.4, 0.5) is 0 Å². The molecule has 0 saturated carbocycles. The predicted molar refractivity (Wildman–Crippen MR) is 148 cm³/mol. The van der Waals surface area contributed by atoms with E-state index in [0.29, 0.717) is 19.6 Å². The summed E-state index contributed by atoms with van der Waals surface area (Å²) in [5, 5.41) is 8.88. The minimum Gasteiger partial charge on any atom is -0.489 e. The fraction of sp³-hybridized carbons (Fsp3) is 0.200. The minimum atomic E-state index is 0.169. The highest BCUT2D eigenvalue weighted by Crippen LogP contribution is 2.17. The van der Waals surface area contributed by atoms with Crippen LogP contribution in [-0.4, -0.2) is 16.1 Å². The number of aryl methyl sites for hydroxylation is 1. The van der Waals surface area contributed by atoms with Crippen molar-refractivity contribution in [2.75, 3.05) is 11.0 Å². The van der Waals surface area contributed by atoms with E-state index in [9.17, 15) is 0 Å². The lowest BCUT2D eigenvalue weighted by Crippen LogP contribution is -1.96. The van der Waals surface area contributed by atoms with Crippen LogP contribution in [0.15, 0.2) is 109 Å². The van der Waals surface area contributed by atoms with Gasteiger partial charge in [-0.3, -0.25) is 0 Å². The van der Waals surface area contributed by atoms with Gasteiger partial charge in [-0.15, -0.1) is 0 Å². The molecular formula is C30H31IO3. The first kappa shape index (κ1) is 25.8. The third-order valence-corrected chi connectivity index (χ3v) is 5.62. The fourth-order valence-corrected chi connectivity index (χ4v) is 3.92. The van der Waals surface area contributed by atoms with E-state index in [2.05, 4.69) is 52.9 Å². The average molecular weight is 566 g/mol. The molecule has 0 fully saturated rings. The maximum atomic E-state index is 8.88. The summed E-state index contributed by atoms with van der Waals surface area (Å²) < 4.78 is 12.6. The van der Waals surface area contributed by atoms with Gasteiger partial charge < -0.3 is 14.6 Å². The predicted octanol–water partition coefficient (Wildman–Crippen LogP) is 7.04. The zero-order valence-corrected chi connectivity index (χ0v) is 21.4. The van der Waals surface area contributed by atoms with E-state index in [1.165, 1.54) is 11.1 Å². The van der Waals surface area contributed by atoms with Crippen LogP contribution in [0.3, 0.4) is 0 Å². The van der Waals surface area contributed by atoms with E-state index >= 15 is 0 Å². The highest BCUT2D eigenvalue weighted by atomic mass is 127. The molecule has 4 aromatic carbocycles. The largest absolute Gasteiger partial charge is 0.489 e. The molecule has 0 saturated heterocycles. The first-order valence-electron chi connectivity index (χ1n) is 11.4. The Kier molecular flexibility index (Phi) is 11.5. The van der Waals surface area contributed by atoms with E-state index in [4.69, 9.17) is 14.6 Å². The van der Waals surface area contributed by atoms with Gasteiger partial charge in [0.15, 0.2) is 0 Å². The van der Waals surface area contributed by atoms with Gasteiger partial charge in [0.2, 0.25) is 0 Å². The molecular weight excluding hydrogens is 535 g/mol. The van der Waals surface area contributed by atoms with Crippen molar-refractivity contribution in [1.29, 1.82) is 0 Å². The molecule has 3 nitrogen and oxygen atoms in total. The van der Waals surface area contributed by atoms with Gasteiger partial charge in [-0.1, -0.05) is 108 Å². The van der Waals surface area contributed by atoms with Crippen LogP contribution in [0.1, 0.15) is 22.3 Å². The summed E-state index contributed by atoms with van der Waals surface area (Å²) in [6.07, 6.45) is 1.77. The van der Waals surface area contributed by atoms with Gasteiger partial charge in [0.25, 0.3) is 0 Å². The number of aliphatic hydroxyl groups excluding tert-OH is 1. The third-order valence-electron chi connectivity index (χ3n) is 5.08. The number of alkyl halides is 1. The van der Waals surface area contributed by atoms with Crippen LogP contribution in [-0.2, 0) is 26.1 Å². The Balaban J connectivity index is 0.000000191. The lowest BCUT2D eigenvalue weighted by atomic mass is 10.1. The maximum absolute atomic E-state index is 8.88.